The van der Waals surface area contributed by atoms with E-state index in [9.17, 15) is 8.42 Å². The van der Waals surface area contributed by atoms with Crippen LogP contribution >= 0.6 is 11.6 Å². The standard InChI is InChI=1S/C22H26ClN3O3S/c1-15-13-26(14-16(2)29-15)30(27,28)25-12-20(17-7-3-5-9-21(17)23)19-11-24-22-10-6-4-8-18(19)22/h3-11,15-16,20,24-25H,12-14H2,1-2H3/t15-,16-,20+/m1/s1. The van der Waals surface area contributed by atoms with E-state index < -0.39 is 10.2 Å². The molecule has 0 aliphatic carbocycles. The Bertz CT molecular complexity index is 1120. The highest BCUT2D eigenvalue weighted by Gasteiger charge is 2.32. The Morgan fingerprint density at radius 3 is 2.50 bits per heavy atom. The second-order valence-corrected chi connectivity index (χ2v) is 9.95. The predicted octanol–water partition coefficient (Wildman–Crippen LogP) is 3.90. The van der Waals surface area contributed by atoms with Gasteiger partial charge in [0.1, 0.15) is 0 Å². The van der Waals surface area contributed by atoms with Crippen molar-refractivity contribution >= 4 is 32.7 Å². The van der Waals surface area contributed by atoms with Crippen molar-refractivity contribution in [1.29, 1.82) is 0 Å². The number of aromatic nitrogens is 1. The average molecular weight is 448 g/mol. The molecule has 1 fully saturated rings. The number of fused-ring (bicyclic) bond motifs is 1. The Morgan fingerprint density at radius 1 is 1.10 bits per heavy atom. The molecule has 8 heteroatoms. The van der Waals surface area contributed by atoms with E-state index in [0.29, 0.717) is 18.1 Å². The molecule has 0 amide bonds. The lowest BCUT2D eigenvalue weighted by Crippen LogP contribution is -2.52. The minimum absolute atomic E-state index is 0.140. The largest absolute Gasteiger partial charge is 0.373 e. The summed E-state index contributed by atoms with van der Waals surface area (Å²) in [5.74, 6) is -0.236. The molecule has 3 aromatic rings. The number of nitrogens with one attached hydrogen (secondary N) is 2. The minimum atomic E-state index is -3.66. The van der Waals surface area contributed by atoms with Gasteiger partial charge in [0.25, 0.3) is 10.2 Å². The lowest BCUT2D eigenvalue weighted by molar-refractivity contribution is -0.0443. The first-order valence-electron chi connectivity index (χ1n) is 10.1. The van der Waals surface area contributed by atoms with Crippen molar-refractivity contribution in [3.8, 4) is 0 Å². The topological polar surface area (TPSA) is 74.4 Å². The summed E-state index contributed by atoms with van der Waals surface area (Å²) in [6.45, 7) is 4.65. The molecule has 1 aliphatic rings. The molecule has 1 saturated heterocycles. The maximum atomic E-state index is 13.0. The summed E-state index contributed by atoms with van der Waals surface area (Å²) in [5, 5.41) is 1.66. The molecular formula is C22H26ClN3O3S. The van der Waals surface area contributed by atoms with Gasteiger partial charge in [-0.25, -0.2) is 4.72 Å². The van der Waals surface area contributed by atoms with Gasteiger partial charge in [-0.1, -0.05) is 48.0 Å². The van der Waals surface area contributed by atoms with Gasteiger partial charge in [-0.3, -0.25) is 0 Å². The second kappa shape index (κ2) is 8.69. The third kappa shape index (κ3) is 4.40. The smallest absolute Gasteiger partial charge is 0.279 e. The quantitative estimate of drug-likeness (QED) is 0.601. The van der Waals surface area contributed by atoms with Gasteiger partial charge >= 0.3 is 0 Å². The maximum Gasteiger partial charge on any atom is 0.279 e. The van der Waals surface area contributed by atoms with Gasteiger partial charge in [0, 0.05) is 47.7 Å². The summed E-state index contributed by atoms with van der Waals surface area (Å²) in [7, 11) is -3.66. The molecule has 0 spiro atoms. The van der Waals surface area contributed by atoms with Crippen molar-refractivity contribution in [3.63, 3.8) is 0 Å². The van der Waals surface area contributed by atoms with Crippen molar-refractivity contribution in [1.82, 2.24) is 14.0 Å². The van der Waals surface area contributed by atoms with Gasteiger partial charge < -0.3 is 9.72 Å². The predicted molar refractivity (Wildman–Crippen MR) is 120 cm³/mol. The molecule has 160 valence electrons. The summed E-state index contributed by atoms with van der Waals surface area (Å²) in [6, 6.07) is 15.6. The van der Waals surface area contributed by atoms with Gasteiger partial charge in [-0.15, -0.1) is 0 Å². The molecule has 6 nitrogen and oxygen atoms in total. The highest BCUT2D eigenvalue weighted by molar-refractivity contribution is 7.87. The van der Waals surface area contributed by atoms with Gasteiger partial charge in [-0.05, 0) is 37.1 Å². The van der Waals surface area contributed by atoms with E-state index in [4.69, 9.17) is 16.3 Å². The van der Waals surface area contributed by atoms with Crippen LogP contribution < -0.4 is 4.72 Å². The molecule has 1 aromatic heterocycles. The zero-order valence-electron chi connectivity index (χ0n) is 17.0. The zero-order chi connectivity index (χ0) is 21.3. The number of hydrogen-bond acceptors (Lipinski definition) is 3. The van der Waals surface area contributed by atoms with Crippen molar-refractivity contribution in [2.24, 2.45) is 0 Å². The van der Waals surface area contributed by atoms with Gasteiger partial charge in [0.15, 0.2) is 0 Å². The number of nitrogens with zero attached hydrogens (tertiary/aromatic N) is 1. The first kappa shape index (κ1) is 21.3. The van der Waals surface area contributed by atoms with E-state index in [-0.39, 0.29) is 24.7 Å². The molecule has 0 bridgehead atoms. The Labute approximate surface area is 182 Å². The Kier molecular flexibility index (Phi) is 6.18. The summed E-state index contributed by atoms with van der Waals surface area (Å²) < 4.78 is 36.1. The van der Waals surface area contributed by atoms with Crippen LogP contribution in [0.3, 0.4) is 0 Å². The fourth-order valence-corrected chi connectivity index (χ4v) is 5.77. The number of ether oxygens (including phenoxy) is 1. The van der Waals surface area contributed by atoms with E-state index in [1.54, 1.807) is 0 Å². The highest BCUT2D eigenvalue weighted by Crippen LogP contribution is 2.34. The van der Waals surface area contributed by atoms with Crippen LogP contribution in [-0.4, -0.2) is 49.5 Å². The van der Waals surface area contributed by atoms with Crippen LogP contribution in [0.1, 0.15) is 30.9 Å². The van der Waals surface area contributed by atoms with Crippen molar-refractivity contribution in [2.45, 2.75) is 32.0 Å². The number of hydrogen-bond donors (Lipinski definition) is 2. The number of halogens is 1. The Hall–Kier alpha value is -1.90. The SMILES string of the molecule is C[C@@H]1CN(S(=O)(=O)NC[C@@H](c2ccccc2Cl)c2c[nH]c3ccccc23)C[C@@H](C)O1. The molecule has 2 heterocycles. The summed E-state index contributed by atoms with van der Waals surface area (Å²) >= 11 is 6.51. The van der Waals surface area contributed by atoms with Gasteiger partial charge in [-0.2, -0.15) is 12.7 Å². The number of aromatic amines is 1. The molecule has 0 saturated carbocycles. The van der Waals surface area contributed by atoms with E-state index in [0.717, 1.165) is 22.0 Å². The lowest BCUT2D eigenvalue weighted by atomic mass is 9.91. The minimum Gasteiger partial charge on any atom is -0.373 e. The average Bonchev–Trinajstić information content (AvgIpc) is 3.13. The van der Waals surface area contributed by atoms with Crippen LogP contribution in [0.15, 0.2) is 54.7 Å². The number of rotatable bonds is 6. The lowest BCUT2D eigenvalue weighted by Gasteiger charge is -2.34. The van der Waals surface area contributed by atoms with Gasteiger partial charge in [0.05, 0.1) is 12.2 Å². The summed E-state index contributed by atoms with van der Waals surface area (Å²) in [6.07, 6.45) is 1.66. The zero-order valence-corrected chi connectivity index (χ0v) is 18.6. The number of H-pyrrole nitrogens is 1. The molecule has 2 N–H and O–H groups in total. The number of morpholine rings is 1. The van der Waals surface area contributed by atoms with Crippen LogP contribution in [0, 0.1) is 0 Å². The molecule has 1 aliphatic heterocycles. The summed E-state index contributed by atoms with van der Waals surface area (Å²) in [5.41, 5.74) is 2.89. The summed E-state index contributed by atoms with van der Waals surface area (Å²) in [4.78, 5) is 3.28. The molecule has 30 heavy (non-hydrogen) atoms. The molecule has 0 radical (unpaired) electrons. The van der Waals surface area contributed by atoms with Crippen LogP contribution in [0.25, 0.3) is 10.9 Å². The monoisotopic (exact) mass is 447 g/mol. The second-order valence-electron chi connectivity index (χ2n) is 7.79. The van der Waals surface area contributed by atoms with Crippen LogP contribution in [0.4, 0.5) is 0 Å². The van der Waals surface area contributed by atoms with Crippen LogP contribution in [-0.2, 0) is 14.9 Å². The van der Waals surface area contributed by atoms with E-state index in [1.807, 2.05) is 68.6 Å². The first-order chi connectivity index (χ1) is 14.3. The molecule has 3 atom stereocenters. The Balaban J connectivity index is 1.65. The highest BCUT2D eigenvalue weighted by atomic mass is 35.5. The van der Waals surface area contributed by atoms with Crippen molar-refractivity contribution < 1.29 is 13.2 Å². The first-order valence-corrected chi connectivity index (χ1v) is 11.9. The van der Waals surface area contributed by atoms with E-state index in [2.05, 4.69) is 9.71 Å². The Morgan fingerprint density at radius 2 is 1.77 bits per heavy atom. The van der Waals surface area contributed by atoms with E-state index >= 15 is 0 Å². The van der Waals surface area contributed by atoms with Crippen molar-refractivity contribution in [3.05, 3.63) is 70.9 Å². The third-order valence-corrected chi connectivity index (χ3v) is 7.33. The molecular weight excluding hydrogens is 422 g/mol. The van der Waals surface area contributed by atoms with Gasteiger partial charge in [0.2, 0.25) is 0 Å². The third-order valence-electron chi connectivity index (χ3n) is 5.47. The normalized spacial score (nSPS) is 21.7. The maximum absolute atomic E-state index is 13.0. The number of benzene rings is 2. The van der Waals surface area contributed by atoms with E-state index in [1.165, 1.54) is 4.31 Å². The molecule has 4 rings (SSSR count). The molecule has 2 aromatic carbocycles. The fraction of sp³-hybridized carbons (Fsp3) is 0.364. The molecule has 0 unspecified atom stereocenters. The van der Waals surface area contributed by atoms with Crippen LogP contribution in [0.5, 0.6) is 0 Å². The number of para-hydroxylation sites is 1. The van der Waals surface area contributed by atoms with Crippen LogP contribution in [0.2, 0.25) is 5.02 Å². The fourth-order valence-electron chi connectivity index (χ4n) is 4.13. The van der Waals surface area contributed by atoms with Crippen molar-refractivity contribution in [2.75, 3.05) is 19.6 Å².